The van der Waals surface area contributed by atoms with E-state index in [9.17, 15) is 9.59 Å². The van der Waals surface area contributed by atoms with Crippen molar-refractivity contribution in [3.05, 3.63) is 40.5 Å². The summed E-state index contributed by atoms with van der Waals surface area (Å²) in [4.78, 5) is 22.3. The Bertz CT molecular complexity index is 499. The molecule has 2 amide bonds. The number of halogens is 1. The second kappa shape index (κ2) is 5.01. The number of rotatable bonds is 2. The van der Waals surface area contributed by atoms with Crippen LogP contribution >= 0.6 is 15.9 Å². The Morgan fingerprint density at radius 2 is 2.18 bits per heavy atom. The maximum atomic E-state index is 11.5. The van der Waals surface area contributed by atoms with Crippen molar-refractivity contribution in [2.75, 3.05) is 11.9 Å². The molecule has 0 saturated carbocycles. The van der Waals surface area contributed by atoms with E-state index in [0.717, 1.165) is 4.47 Å². The van der Waals surface area contributed by atoms with Crippen molar-refractivity contribution >= 4 is 33.6 Å². The minimum Gasteiger partial charge on any atom is -0.456 e. The number of nitrogens with one attached hydrogen (secondary N) is 2. The molecule has 0 aromatic heterocycles. The minimum atomic E-state index is -0.442. The smallest absolute Gasteiger partial charge is 0.333 e. The van der Waals surface area contributed by atoms with Crippen LogP contribution in [0.25, 0.3) is 0 Å². The molecule has 0 radical (unpaired) electrons. The molecule has 17 heavy (non-hydrogen) atoms. The number of hydrogen-bond acceptors (Lipinski definition) is 3. The third-order valence-electron chi connectivity index (χ3n) is 2.02. The SMILES string of the molecule is O=C(NC1=CC(=O)OC1)Nc1cccc(Br)c1. The molecule has 1 heterocycles. The largest absolute Gasteiger partial charge is 0.456 e. The van der Waals surface area contributed by atoms with Crippen molar-refractivity contribution in [3.8, 4) is 0 Å². The van der Waals surface area contributed by atoms with E-state index in [-0.39, 0.29) is 6.61 Å². The monoisotopic (exact) mass is 296 g/mol. The van der Waals surface area contributed by atoms with Gasteiger partial charge >= 0.3 is 12.0 Å². The molecule has 0 fully saturated rings. The molecule has 1 aliphatic rings. The highest BCUT2D eigenvalue weighted by Crippen LogP contribution is 2.15. The molecule has 0 aliphatic carbocycles. The molecule has 0 spiro atoms. The summed E-state index contributed by atoms with van der Waals surface area (Å²) in [6.45, 7) is 0.102. The van der Waals surface area contributed by atoms with Gasteiger partial charge in [0.1, 0.15) is 6.61 Å². The second-order valence-electron chi connectivity index (χ2n) is 3.37. The number of carbonyl (C=O) groups is 2. The van der Waals surface area contributed by atoms with Crippen molar-refractivity contribution in [2.45, 2.75) is 0 Å². The molecule has 1 aromatic carbocycles. The topological polar surface area (TPSA) is 67.4 Å². The molecule has 88 valence electrons. The summed E-state index contributed by atoms with van der Waals surface area (Å²) in [7, 11) is 0. The molecule has 2 rings (SSSR count). The molecule has 0 bridgehead atoms. The van der Waals surface area contributed by atoms with Crippen LogP contribution in [0.4, 0.5) is 10.5 Å². The number of ether oxygens (including phenoxy) is 1. The second-order valence-corrected chi connectivity index (χ2v) is 4.28. The summed E-state index contributed by atoms with van der Waals surface area (Å²) in [5.74, 6) is -0.442. The molecule has 0 atom stereocenters. The van der Waals surface area contributed by atoms with Crippen molar-refractivity contribution in [3.63, 3.8) is 0 Å². The number of esters is 1. The quantitative estimate of drug-likeness (QED) is 0.821. The van der Waals surface area contributed by atoms with Crippen LogP contribution in [-0.2, 0) is 9.53 Å². The summed E-state index contributed by atoms with van der Waals surface area (Å²) < 4.78 is 5.52. The fourth-order valence-corrected chi connectivity index (χ4v) is 1.72. The molecule has 0 saturated heterocycles. The summed E-state index contributed by atoms with van der Waals surface area (Å²) in [5.41, 5.74) is 1.10. The molecular formula is C11H9BrN2O3. The van der Waals surface area contributed by atoms with E-state index in [1.165, 1.54) is 6.08 Å². The van der Waals surface area contributed by atoms with Gasteiger partial charge in [-0.2, -0.15) is 0 Å². The minimum absolute atomic E-state index is 0.102. The average Bonchev–Trinajstić information content (AvgIpc) is 2.63. The highest BCUT2D eigenvalue weighted by atomic mass is 79.9. The predicted molar refractivity (Wildman–Crippen MR) is 65.3 cm³/mol. The van der Waals surface area contributed by atoms with Crippen molar-refractivity contribution in [1.29, 1.82) is 0 Å². The molecule has 1 aromatic rings. The van der Waals surface area contributed by atoms with Gasteiger partial charge in [-0.1, -0.05) is 22.0 Å². The first-order chi connectivity index (χ1) is 8.13. The maximum absolute atomic E-state index is 11.5. The van der Waals surface area contributed by atoms with Crippen LogP contribution in [0.15, 0.2) is 40.5 Å². The van der Waals surface area contributed by atoms with Crippen molar-refractivity contribution in [1.82, 2.24) is 5.32 Å². The van der Waals surface area contributed by atoms with Crippen molar-refractivity contribution in [2.24, 2.45) is 0 Å². The lowest BCUT2D eigenvalue weighted by molar-refractivity contribution is -0.134. The van der Waals surface area contributed by atoms with Crippen LogP contribution in [0.3, 0.4) is 0 Å². The first-order valence-corrected chi connectivity index (χ1v) is 5.64. The van der Waals surface area contributed by atoms with Gasteiger partial charge in [0.05, 0.1) is 5.70 Å². The number of cyclic esters (lactones) is 1. The van der Waals surface area contributed by atoms with E-state index in [4.69, 9.17) is 0 Å². The predicted octanol–water partition coefficient (Wildman–Crippen LogP) is 2.01. The number of urea groups is 1. The van der Waals surface area contributed by atoms with Crippen molar-refractivity contribution < 1.29 is 14.3 Å². The summed E-state index contributed by atoms with van der Waals surface area (Å²) >= 11 is 3.30. The first-order valence-electron chi connectivity index (χ1n) is 4.84. The third kappa shape index (κ3) is 3.32. The molecule has 5 nitrogen and oxygen atoms in total. The Hall–Kier alpha value is -1.82. The van der Waals surface area contributed by atoms with Crippen LogP contribution in [0.1, 0.15) is 0 Å². The Morgan fingerprint density at radius 3 is 2.82 bits per heavy atom. The fraction of sp³-hybridized carbons (Fsp3) is 0.0909. The standard InChI is InChI=1S/C11H9BrN2O3/c12-7-2-1-3-8(4-7)13-11(16)14-9-5-10(15)17-6-9/h1-5H,6H2,(H2,13,14,16). The molecule has 0 unspecified atom stereocenters. The lowest BCUT2D eigenvalue weighted by Crippen LogP contribution is -2.28. The van der Waals surface area contributed by atoms with Crippen LogP contribution < -0.4 is 10.6 Å². The van der Waals surface area contributed by atoms with Gasteiger partial charge in [0.15, 0.2) is 0 Å². The third-order valence-corrected chi connectivity index (χ3v) is 2.51. The maximum Gasteiger partial charge on any atom is 0.333 e. The van der Waals surface area contributed by atoms with Crippen LogP contribution in [0, 0.1) is 0 Å². The lowest BCUT2D eigenvalue weighted by Gasteiger charge is -2.07. The van der Waals surface area contributed by atoms with E-state index in [1.54, 1.807) is 18.2 Å². The van der Waals surface area contributed by atoms with Gasteiger partial charge in [-0.3, -0.25) is 0 Å². The van der Waals surface area contributed by atoms with E-state index >= 15 is 0 Å². The number of carbonyl (C=O) groups excluding carboxylic acids is 2. The van der Waals surface area contributed by atoms with Gasteiger partial charge in [-0.15, -0.1) is 0 Å². The van der Waals surface area contributed by atoms with Crippen LogP contribution in [-0.4, -0.2) is 18.6 Å². The number of amides is 2. The number of benzene rings is 1. The Morgan fingerprint density at radius 1 is 1.35 bits per heavy atom. The zero-order chi connectivity index (χ0) is 12.3. The Balaban J connectivity index is 1.94. The van der Waals surface area contributed by atoms with E-state index in [0.29, 0.717) is 11.4 Å². The van der Waals surface area contributed by atoms with Gasteiger partial charge in [0.2, 0.25) is 0 Å². The summed E-state index contributed by atoms with van der Waals surface area (Å²) in [6.07, 6.45) is 1.25. The zero-order valence-corrected chi connectivity index (χ0v) is 10.3. The highest BCUT2D eigenvalue weighted by molar-refractivity contribution is 9.10. The summed E-state index contributed by atoms with van der Waals surface area (Å²) in [6, 6.07) is 6.78. The van der Waals surface area contributed by atoms with Gasteiger partial charge in [0, 0.05) is 16.2 Å². The molecule has 1 aliphatic heterocycles. The average molecular weight is 297 g/mol. The highest BCUT2D eigenvalue weighted by Gasteiger charge is 2.14. The van der Waals surface area contributed by atoms with Crippen LogP contribution in [0.5, 0.6) is 0 Å². The normalized spacial score (nSPS) is 13.9. The Kier molecular flexibility index (Phi) is 3.43. The molecule has 2 N–H and O–H groups in total. The molecule has 6 heteroatoms. The number of hydrogen-bond donors (Lipinski definition) is 2. The van der Waals surface area contributed by atoms with E-state index in [2.05, 4.69) is 31.3 Å². The fourth-order valence-electron chi connectivity index (χ4n) is 1.32. The van der Waals surface area contributed by atoms with Gasteiger partial charge in [-0.25, -0.2) is 9.59 Å². The van der Waals surface area contributed by atoms with Gasteiger partial charge in [-0.05, 0) is 18.2 Å². The van der Waals surface area contributed by atoms with Crippen LogP contribution in [0.2, 0.25) is 0 Å². The zero-order valence-electron chi connectivity index (χ0n) is 8.70. The first kappa shape index (κ1) is 11.7. The number of anilines is 1. The van der Waals surface area contributed by atoms with E-state index in [1.807, 2.05) is 6.07 Å². The Labute approximate surface area is 106 Å². The van der Waals surface area contributed by atoms with E-state index < -0.39 is 12.0 Å². The lowest BCUT2D eigenvalue weighted by atomic mass is 10.3. The summed E-state index contributed by atoms with van der Waals surface area (Å²) in [5, 5.41) is 5.16. The molecular weight excluding hydrogens is 288 g/mol. The van der Waals surface area contributed by atoms with Gasteiger partial charge < -0.3 is 15.4 Å². The van der Waals surface area contributed by atoms with Gasteiger partial charge in [0.25, 0.3) is 0 Å².